The molecule has 0 aliphatic carbocycles. The van der Waals surface area contributed by atoms with Gasteiger partial charge in [0.2, 0.25) is 0 Å². The van der Waals surface area contributed by atoms with Gasteiger partial charge < -0.3 is 10.1 Å². The number of hydrogen-bond donors (Lipinski definition) is 1. The molecule has 0 saturated carbocycles. The molecule has 0 aromatic heterocycles. The lowest BCUT2D eigenvalue weighted by atomic mass is 9.89. The normalized spacial score (nSPS) is 21.3. The fourth-order valence-electron chi connectivity index (χ4n) is 1.13. The standard InChI is InChI=1S/C8H16FNO/c1-8(6-11-7-8)5-10-4-2-3-9/h10H,2-7H2,1H3. The number of halogens is 1. The van der Waals surface area contributed by atoms with Crippen LogP contribution in [0.1, 0.15) is 13.3 Å². The maximum Gasteiger partial charge on any atom is 0.0906 e. The lowest BCUT2D eigenvalue weighted by molar-refractivity contribution is -0.0989. The Bertz CT molecular complexity index is 115. The molecule has 0 aromatic carbocycles. The van der Waals surface area contributed by atoms with Crippen LogP contribution in [0.25, 0.3) is 0 Å². The van der Waals surface area contributed by atoms with Crippen molar-refractivity contribution in [2.24, 2.45) is 5.41 Å². The van der Waals surface area contributed by atoms with E-state index in [0.717, 1.165) is 26.3 Å². The van der Waals surface area contributed by atoms with E-state index in [1.54, 1.807) is 0 Å². The van der Waals surface area contributed by atoms with E-state index < -0.39 is 0 Å². The summed E-state index contributed by atoms with van der Waals surface area (Å²) < 4.78 is 16.7. The van der Waals surface area contributed by atoms with E-state index in [0.29, 0.717) is 11.8 Å². The van der Waals surface area contributed by atoms with Crippen LogP contribution in [0, 0.1) is 5.41 Å². The predicted octanol–water partition coefficient (Wildman–Crippen LogP) is 0.972. The van der Waals surface area contributed by atoms with Gasteiger partial charge in [0, 0.05) is 12.0 Å². The zero-order chi connectivity index (χ0) is 8.16. The molecule has 1 N–H and O–H groups in total. The highest BCUT2D eigenvalue weighted by Crippen LogP contribution is 2.24. The van der Waals surface area contributed by atoms with Crippen LogP contribution in [-0.4, -0.2) is 33.0 Å². The Morgan fingerprint density at radius 2 is 2.27 bits per heavy atom. The highest BCUT2D eigenvalue weighted by Gasteiger charge is 2.32. The third-order valence-electron chi connectivity index (χ3n) is 1.94. The molecule has 0 aromatic rings. The van der Waals surface area contributed by atoms with Gasteiger partial charge in [0.1, 0.15) is 0 Å². The molecule has 66 valence electrons. The van der Waals surface area contributed by atoms with Crippen molar-refractivity contribution in [2.45, 2.75) is 13.3 Å². The number of rotatable bonds is 5. The zero-order valence-electron chi connectivity index (χ0n) is 7.03. The molecule has 11 heavy (non-hydrogen) atoms. The van der Waals surface area contributed by atoms with Crippen LogP contribution in [0.2, 0.25) is 0 Å². The van der Waals surface area contributed by atoms with E-state index in [4.69, 9.17) is 4.74 Å². The predicted molar refractivity (Wildman–Crippen MR) is 42.4 cm³/mol. The number of nitrogens with one attached hydrogen (secondary N) is 1. The molecule has 0 amide bonds. The summed E-state index contributed by atoms with van der Waals surface area (Å²) in [5.41, 5.74) is 0.316. The Balaban J connectivity index is 1.94. The average Bonchev–Trinajstić information content (AvgIpc) is 1.95. The van der Waals surface area contributed by atoms with Crippen LogP contribution >= 0.6 is 0 Å². The molecule has 1 saturated heterocycles. The van der Waals surface area contributed by atoms with Gasteiger partial charge in [-0.15, -0.1) is 0 Å². The van der Waals surface area contributed by atoms with Crippen molar-refractivity contribution in [3.63, 3.8) is 0 Å². The van der Waals surface area contributed by atoms with Gasteiger partial charge in [-0.1, -0.05) is 6.92 Å². The van der Waals surface area contributed by atoms with E-state index in [1.807, 2.05) is 0 Å². The summed E-state index contributed by atoms with van der Waals surface area (Å²) in [5, 5.41) is 3.21. The molecule has 0 atom stereocenters. The molecular formula is C8H16FNO. The summed E-state index contributed by atoms with van der Waals surface area (Å²) >= 11 is 0. The third-order valence-corrected chi connectivity index (χ3v) is 1.94. The Morgan fingerprint density at radius 3 is 2.73 bits per heavy atom. The van der Waals surface area contributed by atoms with Crippen LogP contribution in [-0.2, 0) is 4.74 Å². The van der Waals surface area contributed by atoms with Gasteiger partial charge in [0.25, 0.3) is 0 Å². The molecule has 1 aliphatic heterocycles. The molecule has 1 fully saturated rings. The van der Waals surface area contributed by atoms with Gasteiger partial charge in [-0.2, -0.15) is 0 Å². The van der Waals surface area contributed by atoms with E-state index in [9.17, 15) is 4.39 Å². The van der Waals surface area contributed by atoms with Crippen molar-refractivity contribution in [3.05, 3.63) is 0 Å². The smallest absolute Gasteiger partial charge is 0.0906 e. The van der Waals surface area contributed by atoms with Gasteiger partial charge >= 0.3 is 0 Å². The molecule has 1 rings (SSSR count). The van der Waals surface area contributed by atoms with E-state index >= 15 is 0 Å². The van der Waals surface area contributed by atoms with Crippen LogP contribution < -0.4 is 5.32 Å². The summed E-state index contributed by atoms with van der Waals surface area (Å²) in [6, 6.07) is 0. The minimum Gasteiger partial charge on any atom is -0.380 e. The fraction of sp³-hybridized carbons (Fsp3) is 1.00. The molecular weight excluding hydrogens is 145 g/mol. The zero-order valence-corrected chi connectivity index (χ0v) is 7.03. The summed E-state index contributed by atoms with van der Waals surface area (Å²) in [6.45, 7) is 5.38. The van der Waals surface area contributed by atoms with Crippen molar-refractivity contribution >= 4 is 0 Å². The molecule has 0 spiro atoms. The Morgan fingerprint density at radius 1 is 1.55 bits per heavy atom. The first-order valence-electron chi connectivity index (χ1n) is 4.11. The summed E-state index contributed by atoms with van der Waals surface area (Å²) in [5.74, 6) is 0. The number of ether oxygens (including phenoxy) is 1. The van der Waals surface area contributed by atoms with Crippen LogP contribution in [0.15, 0.2) is 0 Å². The quantitative estimate of drug-likeness (QED) is 0.607. The maximum absolute atomic E-state index is 11.6. The second-order valence-electron chi connectivity index (χ2n) is 3.52. The number of hydrogen-bond acceptors (Lipinski definition) is 2. The molecule has 2 nitrogen and oxygen atoms in total. The lowest BCUT2D eigenvalue weighted by Gasteiger charge is -2.38. The van der Waals surface area contributed by atoms with E-state index in [-0.39, 0.29) is 6.67 Å². The average molecular weight is 161 g/mol. The Kier molecular flexibility index (Phi) is 3.27. The Labute approximate surface area is 67.1 Å². The summed E-state index contributed by atoms with van der Waals surface area (Å²) in [4.78, 5) is 0. The van der Waals surface area contributed by atoms with Crippen molar-refractivity contribution in [3.8, 4) is 0 Å². The van der Waals surface area contributed by atoms with Gasteiger partial charge in [-0.25, -0.2) is 0 Å². The summed E-state index contributed by atoms with van der Waals surface area (Å²) in [6.07, 6.45) is 0.622. The summed E-state index contributed by atoms with van der Waals surface area (Å²) in [7, 11) is 0. The number of alkyl halides is 1. The first-order chi connectivity index (χ1) is 5.27. The molecule has 3 heteroatoms. The SMILES string of the molecule is CC1(CNCCCF)COC1. The molecule has 0 radical (unpaired) electrons. The van der Waals surface area contributed by atoms with Gasteiger partial charge in [0.05, 0.1) is 19.9 Å². The van der Waals surface area contributed by atoms with Gasteiger partial charge in [0.15, 0.2) is 0 Å². The minimum atomic E-state index is -0.222. The molecule has 0 bridgehead atoms. The fourth-order valence-corrected chi connectivity index (χ4v) is 1.13. The van der Waals surface area contributed by atoms with Crippen LogP contribution in [0.3, 0.4) is 0 Å². The second kappa shape index (κ2) is 4.02. The van der Waals surface area contributed by atoms with Crippen LogP contribution in [0.5, 0.6) is 0 Å². The second-order valence-corrected chi connectivity index (χ2v) is 3.52. The highest BCUT2D eigenvalue weighted by molar-refractivity contribution is 4.82. The Hall–Kier alpha value is -0.150. The lowest BCUT2D eigenvalue weighted by Crippen LogP contribution is -2.47. The van der Waals surface area contributed by atoms with E-state index in [1.165, 1.54) is 0 Å². The van der Waals surface area contributed by atoms with Crippen molar-refractivity contribution in [1.82, 2.24) is 5.32 Å². The maximum atomic E-state index is 11.6. The first-order valence-corrected chi connectivity index (χ1v) is 4.11. The van der Waals surface area contributed by atoms with Crippen molar-refractivity contribution < 1.29 is 9.13 Å². The molecule has 0 unspecified atom stereocenters. The van der Waals surface area contributed by atoms with Crippen molar-refractivity contribution in [2.75, 3.05) is 33.0 Å². The third kappa shape index (κ3) is 2.75. The monoisotopic (exact) mass is 161 g/mol. The highest BCUT2D eigenvalue weighted by atomic mass is 19.1. The first kappa shape index (κ1) is 8.94. The van der Waals surface area contributed by atoms with Crippen molar-refractivity contribution in [1.29, 1.82) is 0 Å². The van der Waals surface area contributed by atoms with Gasteiger partial charge in [-0.3, -0.25) is 4.39 Å². The minimum absolute atomic E-state index is 0.222. The van der Waals surface area contributed by atoms with Gasteiger partial charge in [-0.05, 0) is 13.0 Å². The van der Waals surface area contributed by atoms with Crippen LogP contribution in [0.4, 0.5) is 4.39 Å². The van der Waals surface area contributed by atoms with E-state index in [2.05, 4.69) is 12.2 Å². The molecule has 1 aliphatic rings. The topological polar surface area (TPSA) is 21.3 Å². The largest absolute Gasteiger partial charge is 0.380 e. The molecule has 1 heterocycles.